The second-order valence-corrected chi connectivity index (χ2v) is 11.8. The summed E-state index contributed by atoms with van der Waals surface area (Å²) in [5.74, 6) is 0.290. The average molecular weight is 549 g/mol. The Balaban J connectivity index is 1.40. The molecule has 1 atom stereocenters. The molecule has 1 unspecified atom stereocenters. The van der Waals surface area contributed by atoms with E-state index in [2.05, 4.69) is 51.2 Å². The number of thioether (sulfide) groups is 1. The van der Waals surface area contributed by atoms with Gasteiger partial charge in [-0.1, -0.05) is 60.3 Å². The molecule has 3 heterocycles. The number of carbonyl (C=O) groups excluding carboxylic acids is 2. The molecule has 2 aliphatic heterocycles. The monoisotopic (exact) mass is 548 g/mol. The third-order valence-corrected chi connectivity index (χ3v) is 8.94. The van der Waals surface area contributed by atoms with Gasteiger partial charge in [0.15, 0.2) is 0 Å². The lowest BCUT2D eigenvalue weighted by Gasteiger charge is -2.41. The number of carbonyl (C=O) groups is 2. The molecule has 0 aliphatic carbocycles. The number of aromatic nitrogens is 1. The van der Waals surface area contributed by atoms with Gasteiger partial charge in [-0.25, -0.2) is 0 Å². The number of hydrogen-bond acceptors (Lipinski definition) is 5. The normalized spacial score (nSPS) is 18.9. The number of nitrogens with one attached hydrogen (secondary N) is 1. The Morgan fingerprint density at radius 1 is 1.08 bits per heavy atom. The van der Waals surface area contributed by atoms with E-state index in [4.69, 9.17) is 4.74 Å². The van der Waals surface area contributed by atoms with Crippen LogP contribution in [0.5, 0.6) is 0 Å². The molecule has 2 aromatic carbocycles. The van der Waals surface area contributed by atoms with Crippen molar-refractivity contribution >= 4 is 34.5 Å². The number of piperidine rings is 1. The standard InChI is InChI=1S/C31H40N4O3S/c1-22(2)38-19-9-16-32-30(37)29-28-25-12-7-8-13-26(25)33(3)31(28)39-21-27(36)35(29)24-14-17-34(18-15-24)20-23-10-5-4-6-11-23/h4-8,10-13,22,24,29H,9,14-21H2,1-3H3,(H,32,37). The number of nitrogens with zero attached hydrogens (tertiary/aromatic N) is 3. The lowest BCUT2D eigenvalue weighted by molar-refractivity contribution is -0.142. The first kappa shape index (κ1) is 27.7. The zero-order valence-electron chi connectivity index (χ0n) is 23.3. The zero-order chi connectivity index (χ0) is 27.4. The molecule has 1 aromatic heterocycles. The highest BCUT2D eigenvalue weighted by atomic mass is 32.2. The molecule has 3 aromatic rings. The predicted octanol–water partition coefficient (Wildman–Crippen LogP) is 4.75. The van der Waals surface area contributed by atoms with Gasteiger partial charge in [-0.3, -0.25) is 14.5 Å². The van der Waals surface area contributed by atoms with Crippen molar-refractivity contribution < 1.29 is 14.3 Å². The summed E-state index contributed by atoms with van der Waals surface area (Å²) in [6, 6.07) is 18.1. The first-order valence-corrected chi connectivity index (χ1v) is 15.1. The minimum Gasteiger partial charge on any atom is -0.379 e. The van der Waals surface area contributed by atoms with Gasteiger partial charge in [-0.2, -0.15) is 0 Å². The first-order valence-electron chi connectivity index (χ1n) is 14.1. The molecule has 1 fully saturated rings. The molecule has 1 N–H and O–H groups in total. The smallest absolute Gasteiger partial charge is 0.247 e. The van der Waals surface area contributed by atoms with Gasteiger partial charge in [0.1, 0.15) is 6.04 Å². The van der Waals surface area contributed by atoms with Crippen LogP contribution in [0.25, 0.3) is 10.9 Å². The van der Waals surface area contributed by atoms with Crippen LogP contribution in [0, 0.1) is 0 Å². The van der Waals surface area contributed by atoms with Crippen molar-refractivity contribution in [3.63, 3.8) is 0 Å². The average Bonchev–Trinajstić information content (AvgIpc) is 3.11. The van der Waals surface area contributed by atoms with Gasteiger partial charge in [0, 0.05) is 62.3 Å². The van der Waals surface area contributed by atoms with Crippen molar-refractivity contribution in [2.24, 2.45) is 7.05 Å². The van der Waals surface area contributed by atoms with E-state index in [-0.39, 0.29) is 24.0 Å². The minimum atomic E-state index is -0.648. The van der Waals surface area contributed by atoms with E-state index in [1.54, 1.807) is 11.8 Å². The van der Waals surface area contributed by atoms with Crippen LogP contribution in [-0.2, 0) is 27.9 Å². The van der Waals surface area contributed by atoms with Gasteiger partial charge in [0.05, 0.1) is 16.9 Å². The van der Waals surface area contributed by atoms with Crippen LogP contribution >= 0.6 is 11.8 Å². The van der Waals surface area contributed by atoms with E-state index >= 15 is 0 Å². The fourth-order valence-corrected chi connectivity index (χ4v) is 6.97. The number of aryl methyl sites for hydroxylation is 1. The van der Waals surface area contributed by atoms with Crippen LogP contribution in [-0.4, -0.2) is 70.3 Å². The van der Waals surface area contributed by atoms with E-state index < -0.39 is 6.04 Å². The molecule has 5 rings (SSSR count). The van der Waals surface area contributed by atoms with Crippen molar-refractivity contribution in [3.05, 3.63) is 65.7 Å². The van der Waals surface area contributed by atoms with Gasteiger partial charge in [-0.05, 0) is 44.7 Å². The molecule has 39 heavy (non-hydrogen) atoms. The number of para-hydroxylation sites is 1. The van der Waals surface area contributed by atoms with E-state index in [0.29, 0.717) is 18.9 Å². The Hall–Kier alpha value is -2.81. The number of hydrogen-bond donors (Lipinski definition) is 1. The highest BCUT2D eigenvalue weighted by Gasteiger charge is 2.42. The molecular formula is C31H40N4O3S. The van der Waals surface area contributed by atoms with Crippen LogP contribution in [0.3, 0.4) is 0 Å². The summed E-state index contributed by atoms with van der Waals surface area (Å²) in [6.07, 6.45) is 2.61. The second kappa shape index (κ2) is 12.6. The molecule has 0 radical (unpaired) electrons. The van der Waals surface area contributed by atoms with E-state index in [1.807, 2.05) is 44.0 Å². The number of benzene rings is 2. The molecule has 2 amide bonds. The first-order chi connectivity index (χ1) is 18.9. The Morgan fingerprint density at radius 2 is 1.79 bits per heavy atom. The summed E-state index contributed by atoms with van der Waals surface area (Å²) in [6.45, 7) is 7.86. The summed E-state index contributed by atoms with van der Waals surface area (Å²) in [5, 5.41) is 5.22. The number of rotatable bonds is 9. The summed E-state index contributed by atoms with van der Waals surface area (Å²) >= 11 is 1.56. The topological polar surface area (TPSA) is 66.8 Å². The minimum absolute atomic E-state index is 0.0232. The van der Waals surface area contributed by atoms with Gasteiger partial charge in [0.25, 0.3) is 0 Å². The van der Waals surface area contributed by atoms with Crippen LogP contribution in [0.2, 0.25) is 0 Å². The molecular weight excluding hydrogens is 508 g/mol. The molecule has 7 nitrogen and oxygen atoms in total. The summed E-state index contributed by atoms with van der Waals surface area (Å²) in [4.78, 5) is 32.1. The van der Waals surface area contributed by atoms with E-state index in [0.717, 1.165) is 60.4 Å². The number of likely N-dealkylation sites (tertiary alicyclic amines) is 1. The highest BCUT2D eigenvalue weighted by Crippen LogP contribution is 2.43. The summed E-state index contributed by atoms with van der Waals surface area (Å²) in [5.41, 5.74) is 3.36. The molecule has 8 heteroatoms. The molecule has 208 valence electrons. The maximum atomic E-state index is 14.0. The molecule has 1 saturated heterocycles. The maximum absolute atomic E-state index is 14.0. The lowest BCUT2D eigenvalue weighted by atomic mass is 9.96. The Bertz CT molecular complexity index is 1280. The summed E-state index contributed by atoms with van der Waals surface area (Å²) < 4.78 is 7.81. The van der Waals surface area contributed by atoms with Crippen LogP contribution in [0.15, 0.2) is 59.6 Å². The lowest BCUT2D eigenvalue weighted by Crippen LogP contribution is -2.52. The Labute approximate surface area is 235 Å². The third-order valence-electron chi connectivity index (χ3n) is 7.78. The number of ether oxygens (including phenoxy) is 1. The fourth-order valence-electron chi connectivity index (χ4n) is 5.89. The van der Waals surface area contributed by atoms with Crippen molar-refractivity contribution in [1.82, 2.24) is 19.7 Å². The molecule has 2 aliphatic rings. The van der Waals surface area contributed by atoms with E-state index in [9.17, 15) is 9.59 Å². The second-order valence-electron chi connectivity index (χ2n) is 10.8. The fraction of sp³-hybridized carbons (Fsp3) is 0.484. The highest BCUT2D eigenvalue weighted by molar-refractivity contribution is 8.00. The van der Waals surface area contributed by atoms with E-state index in [1.165, 1.54) is 5.56 Å². The molecule has 0 saturated carbocycles. The molecule has 0 bridgehead atoms. The third kappa shape index (κ3) is 6.18. The number of fused-ring (bicyclic) bond motifs is 3. The maximum Gasteiger partial charge on any atom is 0.247 e. The Kier molecular flexibility index (Phi) is 8.95. The van der Waals surface area contributed by atoms with Crippen molar-refractivity contribution in [1.29, 1.82) is 0 Å². The SMILES string of the molecule is CC(C)OCCCNC(=O)C1c2c(n(C)c3ccccc23)SCC(=O)N1C1CCN(Cc2ccccc2)CC1. The van der Waals surface area contributed by atoms with Crippen LogP contribution in [0.4, 0.5) is 0 Å². The van der Waals surface area contributed by atoms with Gasteiger partial charge < -0.3 is 19.5 Å². The van der Waals surface area contributed by atoms with Crippen LogP contribution < -0.4 is 5.32 Å². The molecule has 0 spiro atoms. The van der Waals surface area contributed by atoms with Gasteiger partial charge >= 0.3 is 0 Å². The van der Waals surface area contributed by atoms with Gasteiger partial charge in [-0.15, -0.1) is 0 Å². The zero-order valence-corrected chi connectivity index (χ0v) is 24.1. The number of amides is 2. The van der Waals surface area contributed by atoms with Crippen LogP contribution in [0.1, 0.15) is 50.3 Å². The predicted molar refractivity (Wildman–Crippen MR) is 157 cm³/mol. The largest absolute Gasteiger partial charge is 0.379 e. The van der Waals surface area contributed by atoms with Crippen molar-refractivity contribution in [2.75, 3.05) is 32.0 Å². The van der Waals surface area contributed by atoms with Crippen molar-refractivity contribution in [2.45, 2.75) is 62.9 Å². The summed E-state index contributed by atoms with van der Waals surface area (Å²) in [7, 11) is 2.04. The quantitative estimate of drug-likeness (QED) is 0.391. The van der Waals surface area contributed by atoms with Gasteiger partial charge in [0.2, 0.25) is 11.8 Å². The Morgan fingerprint density at radius 3 is 2.54 bits per heavy atom. The van der Waals surface area contributed by atoms with Crippen molar-refractivity contribution in [3.8, 4) is 0 Å².